The molecule has 1 aromatic heterocycles. The first-order valence-electron chi connectivity index (χ1n) is 6.89. The molecular weight excluding hydrogens is 268 g/mol. The number of H-pyrrole nitrogens is 1. The van der Waals surface area contributed by atoms with Crippen LogP contribution in [0.3, 0.4) is 0 Å². The zero-order chi connectivity index (χ0) is 14.7. The fraction of sp³-hybridized carbons (Fsp3) is 0.467. The highest BCUT2D eigenvalue weighted by molar-refractivity contribution is 7.71. The number of fused-ring (bicyclic) bond motifs is 1. The molecule has 0 aliphatic rings. The Morgan fingerprint density at radius 1 is 1.50 bits per heavy atom. The lowest BCUT2D eigenvalue weighted by Crippen LogP contribution is -2.31. The molecule has 0 aliphatic heterocycles. The third-order valence-electron chi connectivity index (χ3n) is 3.92. The summed E-state index contributed by atoms with van der Waals surface area (Å²) in [6.45, 7) is 6.18. The van der Waals surface area contributed by atoms with Crippen molar-refractivity contribution in [3.05, 3.63) is 28.5 Å². The molecule has 0 spiro atoms. The highest BCUT2D eigenvalue weighted by Crippen LogP contribution is 2.16. The number of hydrogen-bond donors (Lipinski definition) is 1. The van der Waals surface area contributed by atoms with Crippen LogP contribution in [0.1, 0.15) is 25.8 Å². The Hall–Kier alpha value is -1.64. The van der Waals surface area contributed by atoms with E-state index in [4.69, 9.17) is 17.5 Å². The van der Waals surface area contributed by atoms with Crippen LogP contribution in [-0.4, -0.2) is 34.1 Å². The Morgan fingerprint density at radius 3 is 2.90 bits per heavy atom. The summed E-state index contributed by atoms with van der Waals surface area (Å²) < 4.78 is 2.79. The molecule has 106 valence electrons. The van der Waals surface area contributed by atoms with Crippen molar-refractivity contribution < 1.29 is 0 Å². The minimum atomic E-state index is 0.559. The molecule has 20 heavy (non-hydrogen) atoms. The Kier molecular flexibility index (Phi) is 4.58. The van der Waals surface area contributed by atoms with Crippen LogP contribution in [0.5, 0.6) is 0 Å². The average molecular weight is 288 g/mol. The minimum absolute atomic E-state index is 0.559. The summed E-state index contributed by atoms with van der Waals surface area (Å²) in [6.07, 6.45) is 1.13. The summed E-state index contributed by atoms with van der Waals surface area (Å²) in [5, 5.41) is 9.01. The Morgan fingerprint density at radius 2 is 2.25 bits per heavy atom. The highest BCUT2D eigenvalue weighted by Gasteiger charge is 2.09. The average Bonchev–Trinajstić information content (AvgIpc) is 2.78. The topological polar surface area (TPSA) is 47.8 Å². The van der Waals surface area contributed by atoms with Gasteiger partial charge in [0.1, 0.15) is 0 Å². The van der Waals surface area contributed by atoms with Crippen LogP contribution >= 0.6 is 12.2 Å². The van der Waals surface area contributed by atoms with E-state index in [-0.39, 0.29) is 0 Å². The van der Waals surface area contributed by atoms with E-state index in [1.54, 1.807) is 0 Å². The van der Waals surface area contributed by atoms with Gasteiger partial charge in [-0.2, -0.15) is 5.26 Å². The maximum Gasteiger partial charge on any atom is 0.178 e. The van der Waals surface area contributed by atoms with Crippen molar-refractivity contribution in [1.29, 1.82) is 5.26 Å². The van der Waals surface area contributed by atoms with Crippen molar-refractivity contribution in [2.45, 2.75) is 32.9 Å². The van der Waals surface area contributed by atoms with E-state index in [2.05, 4.69) is 41.4 Å². The molecule has 0 saturated carbocycles. The Bertz CT molecular complexity index is 692. The molecule has 1 unspecified atom stereocenters. The molecule has 0 radical (unpaired) electrons. The van der Waals surface area contributed by atoms with E-state index in [9.17, 15) is 0 Å². The number of rotatable bonds is 5. The monoisotopic (exact) mass is 288 g/mol. The Balaban J connectivity index is 2.28. The van der Waals surface area contributed by atoms with E-state index >= 15 is 0 Å². The number of aromatic amines is 1. The molecule has 1 aromatic carbocycles. The summed E-state index contributed by atoms with van der Waals surface area (Å²) in [6, 6.07) is 8.35. The van der Waals surface area contributed by atoms with Gasteiger partial charge in [0, 0.05) is 19.1 Å². The van der Waals surface area contributed by atoms with Crippen LogP contribution in [-0.2, 0) is 6.54 Å². The van der Waals surface area contributed by atoms with E-state index < -0.39 is 0 Å². The number of aromatic nitrogens is 2. The van der Waals surface area contributed by atoms with Gasteiger partial charge in [-0.3, -0.25) is 0 Å². The van der Waals surface area contributed by atoms with E-state index in [1.165, 1.54) is 0 Å². The number of nitrogens with zero attached hydrogens (tertiary/aromatic N) is 3. The lowest BCUT2D eigenvalue weighted by atomic mass is 10.2. The predicted octanol–water partition coefficient (Wildman–Crippen LogP) is 3.30. The number of benzene rings is 1. The standard InChI is InChI=1S/C15H20N4S/c1-4-11(2)18(3)7-8-19-14-9-12(10-16)5-6-13(14)17-15(19)20/h5-6,9,11H,4,7-8H2,1-3H3,(H,17,20). The molecule has 2 rings (SSSR count). The van der Waals surface area contributed by atoms with Crippen LogP contribution in [0.25, 0.3) is 11.0 Å². The molecule has 5 heteroatoms. The van der Waals surface area contributed by atoms with Gasteiger partial charge in [0.05, 0.1) is 22.7 Å². The first-order valence-corrected chi connectivity index (χ1v) is 7.30. The highest BCUT2D eigenvalue weighted by atomic mass is 32.1. The van der Waals surface area contributed by atoms with E-state index in [0.29, 0.717) is 16.4 Å². The van der Waals surface area contributed by atoms with Crippen LogP contribution in [0.15, 0.2) is 18.2 Å². The second-order valence-corrected chi connectivity index (χ2v) is 5.55. The van der Waals surface area contributed by atoms with Gasteiger partial charge < -0.3 is 14.5 Å². The van der Waals surface area contributed by atoms with Crippen molar-refractivity contribution in [2.24, 2.45) is 0 Å². The van der Waals surface area contributed by atoms with Gasteiger partial charge >= 0.3 is 0 Å². The van der Waals surface area contributed by atoms with E-state index in [0.717, 1.165) is 30.5 Å². The van der Waals surface area contributed by atoms with Crippen LogP contribution in [0, 0.1) is 16.1 Å². The molecular formula is C15H20N4S. The van der Waals surface area contributed by atoms with Gasteiger partial charge in [-0.05, 0) is 50.8 Å². The number of likely N-dealkylation sites (N-methyl/N-ethyl adjacent to an activating group) is 1. The van der Waals surface area contributed by atoms with Gasteiger partial charge in [-0.15, -0.1) is 0 Å². The molecule has 1 N–H and O–H groups in total. The largest absolute Gasteiger partial charge is 0.331 e. The smallest absolute Gasteiger partial charge is 0.178 e. The SMILES string of the molecule is CCC(C)N(C)CCn1c(=S)[nH]c2ccc(C#N)cc21. The lowest BCUT2D eigenvalue weighted by Gasteiger charge is -2.23. The maximum absolute atomic E-state index is 9.01. The first kappa shape index (κ1) is 14.8. The van der Waals surface area contributed by atoms with Crippen molar-refractivity contribution in [3.63, 3.8) is 0 Å². The maximum atomic E-state index is 9.01. The van der Waals surface area contributed by atoms with Gasteiger partial charge in [0.25, 0.3) is 0 Å². The summed E-state index contributed by atoms with van der Waals surface area (Å²) in [4.78, 5) is 5.52. The van der Waals surface area contributed by atoms with Gasteiger partial charge in [-0.25, -0.2) is 0 Å². The fourth-order valence-electron chi connectivity index (χ4n) is 2.23. The molecule has 0 amide bonds. The molecule has 0 aliphatic carbocycles. The third-order valence-corrected chi connectivity index (χ3v) is 4.25. The summed E-state index contributed by atoms with van der Waals surface area (Å²) in [7, 11) is 2.13. The minimum Gasteiger partial charge on any atom is -0.331 e. The van der Waals surface area contributed by atoms with Gasteiger partial charge in [0.15, 0.2) is 4.77 Å². The van der Waals surface area contributed by atoms with Crippen molar-refractivity contribution in [1.82, 2.24) is 14.5 Å². The lowest BCUT2D eigenvalue weighted by molar-refractivity contribution is 0.243. The van der Waals surface area contributed by atoms with Gasteiger partial charge in [0.2, 0.25) is 0 Å². The molecule has 2 aromatic rings. The fourth-order valence-corrected chi connectivity index (χ4v) is 2.53. The molecule has 4 nitrogen and oxygen atoms in total. The van der Waals surface area contributed by atoms with Crippen molar-refractivity contribution in [2.75, 3.05) is 13.6 Å². The molecule has 1 atom stereocenters. The first-order chi connectivity index (χ1) is 9.56. The summed E-state index contributed by atoms with van der Waals surface area (Å²) in [5.41, 5.74) is 2.65. The van der Waals surface area contributed by atoms with Crippen LogP contribution in [0.4, 0.5) is 0 Å². The van der Waals surface area contributed by atoms with Gasteiger partial charge in [-0.1, -0.05) is 6.92 Å². The molecule has 0 bridgehead atoms. The number of hydrogen-bond acceptors (Lipinski definition) is 3. The summed E-state index contributed by atoms with van der Waals surface area (Å²) >= 11 is 5.38. The zero-order valence-corrected chi connectivity index (χ0v) is 13.0. The normalized spacial score (nSPS) is 12.8. The van der Waals surface area contributed by atoms with Crippen molar-refractivity contribution in [3.8, 4) is 6.07 Å². The number of nitrogens with one attached hydrogen (secondary N) is 1. The van der Waals surface area contributed by atoms with Crippen LogP contribution in [0.2, 0.25) is 0 Å². The second kappa shape index (κ2) is 6.21. The van der Waals surface area contributed by atoms with Crippen LogP contribution < -0.4 is 0 Å². The number of nitriles is 1. The Labute approximate surface area is 124 Å². The van der Waals surface area contributed by atoms with E-state index in [1.807, 2.05) is 18.2 Å². The molecule has 0 fully saturated rings. The predicted molar refractivity (Wildman–Crippen MR) is 84.2 cm³/mol. The zero-order valence-electron chi connectivity index (χ0n) is 12.2. The summed E-state index contributed by atoms with van der Waals surface area (Å²) in [5.74, 6) is 0. The second-order valence-electron chi connectivity index (χ2n) is 5.16. The van der Waals surface area contributed by atoms with Crippen molar-refractivity contribution >= 4 is 23.3 Å². The quantitative estimate of drug-likeness (QED) is 0.859. The third kappa shape index (κ3) is 2.92. The molecule has 0 saturated heterocycles. The number of imidazole rings is 1. The molecule has 1 heterocycles.